The molecule has 0 fully saturated rings. The van der Waals surface area contributed by atoms with Crippen molar-refractivity contribution in [1.29, 1.82) is 0 Å². The average Bonchev–Trinajstić information content (AvgIpc) is 3.18. The first-order chi connectivity index (χ1) is 27.3. The number of carboxylic acid groups (broad SMARTS) is 1. The molecule has 4 unspecified atom stereocenters. The van der Waals surface area contributed by atoms with Crippen molar-refractivity contribution in [2.24, 2.45) is 11.8 Å². The standard InChI is InChI=1S/C50H96O6/c1-6-11-16-21-25-32-39-44(37-30-19-14-9-4)49(53)55-46(41-34-27-23-18-13-8-3)47(42-35-28-24-29-36-43-48(51)52)56-50(54)45(38-31-20-15-10-5)40-33-26-22-17-12-7-2/h44-47H,6-43H2,1-5H3,(H,51,52). The van der Waals surface area contributed by atoms with Gasteiger partial charge in [-0.15, -0.1) is 0 Å². The Kier molecular flexibility index (Phi) is 40.4. The molecular formula is C50H96O6. The van der Waals surface area contributed by atoms with E-state index in [1.165, 1.54) is 116 Å². The predicted octanol–water partition coefficient (Wildman–Crippen LogP) is 16.1. The van der Waals surface area contributed by atoms with Crippen molar-refractivity contribution in [1.82, 2.24) is 0 Å². The summed E-state index contributed by atoms with van der Waals surface area (Å²) in [6.45, 7) is 11.2. The minimum absolute atomic E-state index is 0.0658. The van der Waals surface area contributed by atoms with Crippen LogP contribution < -0.4 is 0 Å². The highest BCUT2D eigenvalue weighted by Crippen LogP contribution is 2.28. The zero-order chi connectivity index (χ0) is 41.3. The molecule has 0 radical (unpaired) electrons. The number of hydrogen-bond acceptors (Lipinski definition) is 5. The summed E-state index contributed by atoms with van der Waals surface area (Å²) in [7, 11) is 0. The van der Waals surface area contributed by atoms with Gasteiger partial charge in [-0.2, -0.15) is 0 Å². The minimum Gasteiger partial charge on any atom is -0.481 e. The second-order valence-electron chi connectivity index (χ2n) is 17.4. The summed E-state index contributed by atoms with van der Waals surface area (Å²) < 4.78 is 13.2. The molecular weight excluding hydrogens is 697 g/mol. The summed E-state index contributed by atoms with van der Waals surface area (Å²) in [5, 5.41) is 9.08. The fourth-order valence-corrected chi connectivity index (χ4v) is 8.15. The number of aliphatic carboxylic acids is 1. The number of unbranched alkanes of at least 4 members (excludes halogenated alkanes) is 25. The number of hydrogen-bond donors (Lipinski definition) is 1. The summed E-state index contributed by atoms with van der Waals surface area (Å²) in [6.07, 6.45) is 39.4. The van der Waals surface area contributed by atoms with Crippen LogP contribution in [0.2, 0.25) is 0 Å². The van der Waals surface area contributed by atoms with Crippen LogP contribution in [0.15, 0.2) is 0 Å². The highest BCUT2D eigenvalue weighted by molar-refractivity contribution is 5.73. The SMILES string of the molecule is CCCCCCCCC(CCCCCC)C(=O)OC(CCCCCCCC)C(CCCCCCCC(=O)O)OC(=O)C(CCCCCC)CCCCCCCC. The number of ether oxygens (including phenoxy) is 2. The highest BCUT2D eigenvalue weighted by Gasteiger charge is 2.33. The van der Waals surface area contributed by atoms with E-state index in [1.807, 2.05) is 0 Å². The van der Waals surface area contributed by atoms with Gasteiger partial charge in [-0.25, -0.2) is 0 Å². The normalized spacial score (nSPS) is 13.7. The molecule has 4 atom stereocenters. The molecule has 0 heterocycles. The Labute approximate surface area is 348 Å². The Balaban J connectivity index is 6.18. The lowest BCUT2D eigenvalue weighted by molar-refractivity contribution is -0.175. The van der Waals surface area contributed by atoms with Crippen LogP contribution in [0.5, 0.6) is 0 Å². The summed E-state index contributed by atoms with van der Waals surface area (Å²) in [6, 6.07) is 0. The Morgan fingerprint density at radius 1 is 0.339 bits per heavy atom. The van der Waals surface area contributed by atoms with Gasteiger partial charge in [0.25, 0.3) is 0 Å². The van der Waals surface area contributed by atoms with Crippen LogP contribution in [0.25, 0.3) is 0 Å². The van der Waals surface area contributed by atoms with Crippen molar-refractivity contribution in [3.05, 3.63) is 0 Å². The van der Waals surface area contributed by atoms with Crippen molar-refractivity contribution in [3.8, 4) is 0 Å². The van der Waals surface area contributed by atoms with Crippen LogP contribution in [0, 0.1) is 11.8 Å². The van der Waals surface area contributed by atoms with E-state index in [-0.39, 0.29) is 30.2 Å². The number of carbonyl (C=O) groups excluding carboxylic acids is 2. The zero-order valence-electron chi connectivity index (χ0n) is 38.2. The molecule has 1 N–H and O–H groups in total. The molecule has 0 saturated carbocycles. The molecule has 332 valence electrons. The van der Waals surface area contributed by atoms with Crippen molar-refractivity contribution < 1.29 is 29.0 Å². The minimum atomic E-state index is -0.735. The van der Waals surface area contributed by atoms with Crippen LogP contribution >= 0.6 is 0 Å². The fourth-order valence-electron chi connectivity index (χ4n) is 8.15. The lowest BCUT2D eigenvalue weighted by atomic mass is 9.93. The zero-order valence-corrected chi connectivity index (χ0v) is 38.2. The smallest absolute Gasteiger partial charge is 0.309 e. The van der Waals surface area contributed by atoms with E-state index in [0.29, 0.717) is 12.8 Å². The van der Waals surface area contributed by atoms with Gasteiger partial charge in [-0.1, -0.05) is 214 Å². The molecule has 0 aliphatic carbocycles. The number of esters is 2. The average molecular weight is 793 g/mol. The Morgan fingerprint density at radius 3 is 0.857 bits per heavy atom. The third-order valence-corrected chi connectivity index (χ3v) is 12.0. The van der Waals surface area contributed by atoms with Gasteiger partial charge in [-0.05, 0) is 57.8 Å². The first-order valence-corrected chi connectivity index (χ1v) is 25.0. The van der Waals surface area contributed by atoms with Crippen molar-refractivity contribution in [3.63, 3.8) is 0 Å². The molecule has 56 heavy (non-hydrogen) atoms. The van der Waals surface area contributed by atoms with Crippen LogP contribution in [0.1, 0.15) is 279 Å². The maximum Gasteiger partial charge on any atom is 0.309 e. The molecule has 0 aromatic carbocycles. The molecule has 0 aliphatic rings. The van der Waals surface area contributed by atoms with E-state index in [2.05, 4.69) is 34.6 Å². The largest absolute Gasteiger partial charge is 0.481 e. The summed E-state index contributed by atoms with van der Waals surface area (Å²) >= 11 is 0. The van der Waals surface area contributed by atoms with Gasteiger partial charge in [0, 0.05) is 6.42 Å². The Bertz CT molecular complexity index is 874. The maximum atomic E-state index is 14.2. The van der Waals surface area contributed by atoms with Crippen LogP contribution in [0.3, 0.4) is 0 Å². The first-order valence-electron chi connectivity index (χ1n) is 25.0. The molecule has 0 aliphatic heterocycles. The molecule has 0 amide bonds. The highest BCUT2D eigenvalue weighted by atomic mass is 16.6. The molecule has 6 nitrogen and oxygen atoms in total. The molecule has 0 aromatic heterocycles. The Hall–Kier alpha value is -1.59. The van der Waals surface area contributed by atoms with Gasteiger partial charge in [0.1, 0.15) is 12.2 Å². The van der Waals surface area contributed by atoms with E-state index in [4.69, 9.17) is 14.6 Å². The number of rotatable bonds is 44. The van der Waals surface area contributed by atoms with E-state index >= 15 is 0 Å². The molecule has 0 saturated heterocycles. The molecule has 0 bridgehead atoms. The fraction of sp³-hybridized carbons (Fsp3) is 0.940. The third-order valence-electron chi connectivity index (χ3n) is 12.0. The van der Waals surface area contributed by atoms with E-state index in [0.717, 1.165) is 109 Å². The summed E-state index contributed by atoms with van der Waals surface area (Å²) in [5.74, 6) is -1.06. The van der Waals surface area contributed by atoms with Crippen LogP contribution in [-0.2, 0) is 23.9 Å². The lowest BCUT2D eigenvalue weighted by Gasteiger charge is -2.30. The number of carbonyl (C=O) groups is 3. The second kappa shape index (κ2) is 41.6. The first kappa shape index (κ1) is 54.4. The number of carboxylic acids is 1. The van der Waals surface area contributed by atoms with Crippen molar-refractivity contribution in [2.45, 2.75) is 291 Å². The van der Waals surface area contributed by atoms with Crippen molar-refractivity contribution >= 4 is 17.9 Å². The molecule has 0 aromatic rings. The van der Waals surface area contributed by atoms with Gasteiger partial charge in [-0.3, -0.25) is 14.4 Å². The summed E-state index contributed by atoms with van der Waals surface area (Å²) in [4.78, 5) is 39.5. The monoisotopic (exact) mass is 793 g/mol. The van der Waals surface area contributed by atoms with E-state index in [1.54, 1.807) is 0 Å². The van der Waals surface area contributed by atoms with E-state index < -0.39 is 18.2 Å². The molecule has 6 heteroatoms. The van der Waals surface area contributed by atoms with Crippen LogP contribution in [0.4, 0.5) is 0 Å². The quantitative estimate of drug-likeness (QED) is 0.0488. The van der Waals surface area contributed by atoms with Crippen molar-refractivity contribution in [2.75, 3.05) is 0 Å². The molecule has 0 rings (SSSR count). The van der Waals surface area contributed by atoms with Crippen LogP contribution in [-0.4, -0.2) is 35.2 Å². The van der Waals surface area contributed by atoms with E-state index in [9.17, 15) is 14.4 Å². The Morgan fingerprint density at radius 2 is 0.571 bits per heavy atom. The lowest BCUT2D eigenvalue weighted by Crippen LogP contribution is -2.38. The topological polar surface area (TPSA) is 89.9 Å². The summed E-state index contributed by atoms with van der Waals surface area (Å²) in [5.41, 5.74) is 0. The van der Waals surface area contributed by atoms with Gasteiger partial charge < -0.3 is 14.6 Å². The predicted molar refractivity (Wildman–Crippen MR) is 238 cm³/mol. The van der Waals surface area contributed by atoms with Gasteiger partial charge >= 0.3 is 17.9 Å². The molecule has 0 spiro atoms. The van der Waals surface area contributed by atoms with Gasteiger partial charge in [0.05, 0.1) is 11.8 Å². The van der Waals surface area contributed by atoms with Gasteiger partial charge in [0.15, 0.2) is 0 Å². The second-order valence-corrected chi connectivity index (χ2v) is 17.4. The van der Waals surface area contributed by atoms with Gasteiger partial charge in [0.2, 0.25) is 0 Å². The maximum absolute atomic E-state index is 14.2. The third kappa shape index (κ3) is 33.4.